The molecule has 0 aromatic heterocycles. The number of rotatable bonds is 5. The zero-order valence-corrected chi connectivity index (χ0v) is 27.4. The lowest BCUT2D eigenvalue weighted by molar-refractivity contribution is -0.111. The maximum absolute atomic E-state index is 10.7. The molecule has 0 unspecified atom stereocenters. The van der Waals surface area contributed by atoms with Crippen LogP contribution >= 0.6 is 23.2 Å². The van der Waals surface area contributed by atoms with Gasteiger partial charge in [-0.2, -0.15) is 0 Å². The van der Waals surface area contributed by atoms with Crippen molar-refractivity contribution in [2.45, 2.75) is 93.8 Å². The summed E-state index contributed by atoms with van der Waals surface area (Å²) in [6.07, 6.45) is 13.7. The van der Waals surface area contributed by atoms with Crippen LogP contribution in [0.15, 0.2) is 91.0 Å². The zero-order valence-electron chi connectivity index (χ0n) is 25.9. The van der Waals surface area contributed by atoms with E-state index in [0.717, 1.165) is 82.0 Å². The Morgan fingerprint density at radius 1 is 0.591 bits per heavy atom. The molecule has 7 heteroatoms. The summed E-state index contributed by atoms with van der Waals surface area (Å²) in [6, 6.07) is 30.3. The van der Waals surface area contributed by atoms with Crippen molar-refractivity contribution in [1.29, 1.82) is 0 Å². The average molecular weight is 642 g/mol. The molecule has 1 aliphatic heterocycles. The zero-order chi connectivity index (χ0) is 31.6. The summed E-state index contributed by atoms with van der Waals surface area (Å²) < 4.78 is 0. The number of halogens is 2. The highest BCUT2D eigenvalue weighted by molar-refractivity contribution is 6.40. The molecule has 1 saturated heterocycles. The fraction of sp³-hybridized carbons (Fsp3) is 0.486. The molecule has 0 bridgehead atoms. The van der Waals surface area contributed by atoms with Crippen LogP contribution in [0.5, 0.6) is 0 Å². The number of amides is 1. The number of carbonyl (C=O) groups excluding carboxylic acids is 1. The Bertz CT molecular complexity index is 1100. The summed E-state index contributed by atoms with van der Waals surface area (Å²) in [6.45, 7) is 1.82. The van der Waals surface area contributed by atoms with Gasteiger partial charge in [0.1, 0.15) is 0 Å². The number of hydrogen-bond acceptors (Lipinski definition) is 4. The van der Waals surface area contributed by atoms with Crippen LogP contribution in [0.1, 0.15) is 93.7 Å². The molecule has 5 nitrogen and oxygen atoms in total. The van der Waals surface area contributed by atoms with E-state index >= 15 is 0 Å². The van der Waals surface area contributed by atoms with Crippen molar-refractivity contribution >= 4 is 29.6 Å². The first-order valence-corrected chi connectivity index (χ1v) is 17.1. The van der Waals surface area contributed by atoms with Gasteiger partial charge in [-0.1, -0.05) is 130 Å². The molecule has 3 fully saturated rings. The standard InChI is InChI=1S/C13H17NO.C12H16O.C11H15NO.CH2Cl2/c15-11-14-13(9-5-2-6-10-13)12-7-3-1-4-8-12;13-12(9-5-2-6-10-12)11-7-3-1-4-8-11;13-11(6-8-12-9-7-11)10-4-2-1-3-5-10;2-1-3/h1,3-4,7-8,11H,2,5-6,9-10H2,(H,14,15);1,3-4,7-8,13H,2,5-6,9-10H2;1-5,12-13H,6-9H2;1H2. The van der Waals surface area contributed by atoms with Gasteiger partial charge < -0.3 is 20.8 Å². The van der Waals surface area contributed by atoms with E-state index in [4.69, 9.17) is 23.2 Å². The largest absolute Gasteiger partial charge is 0.385 e. The predicted octanol–water partition coefficient (Wildman–Crippen LogP) is 8.11. The monoisotopic (exact) mass is 640 g/mol. The van der Waals surface area contributed by atoms with E-state index < -0.39 is 11.2 Å². The lowest BCUT2D eigenvalue weighted by atomic mass is 9.77. The summed E-state index contributed by atoms with van der Waals surface area (Å²) in [5, 5.41) is 27.1. The second kappa shape index (κ2) is 19.2. The number of nitrogens with one attached hydrogen (secondary N) is 2. The molecular formula is C37H50Cl2N2O3. The summed E-state index contributed by atoms with van der Waals surface area (Å²) in [4.78, 5) is 10.7. The second-order valence-electron chi connectivity index (χ2n) is 12.0. The van der Waals surface area contributed by atoms with Gasteiger partial charge in [0.05, 0.1) is 22.1 Å². The third-order valence-corrected chi connectivity index (χ3v) is 9.10. The van der Waals surface area contributed by atoms with Crippen molar-refractivity contribution < 1.29 is 15.0 Å². The molecule has 3 aliphatic rings. The Hall–Kier alpha value is -2.41. The molecule has 0 atom stereocenters. The predicted molar refractivity (Wildman–Crippen MR) is 183 cm³/mol. The van der Waals surface area contributed by atoms with E-state index in [1.54, 1.807) is 0 Å². The van der Waals surface area contributed by atoms with Crippen molar-refractivity contribution in [2.75, 3.05) is 18.4 Å². The highest BCUT2D eigenvalue weighted by atomic mass is 35.5. The molecule has 1 heterocycles. The van der Waals surface area contributed by atoms with Crippen molar-refractivity contribution in [3.63, 3.8) is 0 Å². The summed E-state index contributed by atoms with van der Waals surface area (Å²) in [5.41, 5.74) is 2.18. The molecule has 0 spiro atoms. The van der Waals surface area contributed by atoms with E-state index in [2.05, 4.69) is 22.8 Å². The van der Waals surface area contributed by atoms with Crippen LogP contribution in [0.3, 0.4) is 0 Å². The van der Waals surface area contributed by atoms with Crippen LogP contribution in [0.4, 0.5) is 0 Å². The van der Waals surface area contributed by atoms with E-state index in [0.29, 0.717) is 0 Å². The fourth-order valence-electron chi connectivity index (χ4n) is 6.59. The van der Waals surface area contributed by atoms with Crippen LogP contribution < -0.4 is 10.6 Å². The molecule has 4 N–H and O–H groups in total. The smallest absolute Gasteiger partial charge is 0.207 e. The molecular weight excluding hydrogens is 591 g/mol. The first-order chi connectivity index (χ1) is 21.4. The molecule has 2 aliphatic carbocycles. The Morgan fingerprint density at radius 2 is 0.955 bits per heavy atom. The van der Waals surface area contributed by atoms with Gasteiger partial charge in [0.25, 0.3) is 0 Å². The average Bonchev–Trinajstić information content (AvgIpc) is 3.08. The topological polar surface area (TPSA) is 81.6 Å². The maximum atomic E-state index is 10.7. The van der Waals surface area contributed by atoms with Crippen LogP contribution in [0.25, 0.3) is 0 Å². The molecule has 240 valence electrons. The van der Waals surface area contributed by atoms with E-state index in [1.807, 2.05) is 78.9 Å². The van der Waals surface area contributed by atoms with Gasteiger partial charge in [0, 0.05) is 0 Å². The molecule has 1 amide bonds. The third kappa shape index (κ3) is 10.9. The Labute approximate surface area is 274 Å². The van der Waals surface area contributed by atoms with Crippen molar-refractivity contribution in [2.24, 2.45) is 0 Å². The first-order valence-electron chi connectivity index (χ1n) is 16.1. The molecule has 44 heavy (non-hydrogen) atoms. The SMILES string of the molecule is ClCCl.O=CNC1(c2ccccc2)CCCCC1.OC1(c2ccccc2)CCCCC1.OC1(c2ccccc2)CCNCC1. The molecule has 2 saturated carbocycles. The minimum Gasteiger partial charge on any atom is -0.385 e. The number of aliphatic hydroxyl groups is 2. The van der Waals surface area contributed by atoms with Crippen molar-refractivity contribution in [3.05, 3.63) is 108 Å². The minimum absolute atomic E-state index is 0.0960. The van der Waals surface area contributed by atoms with Gasteiger partial charge >= 0.3 is 0 Å². The van der Waals surface area contributed by atoms with E-state index in [1.165, 1.54) is 31.2 Å². The molecule has 0 radical (unpaired) electrons. The van der Waals surface area contributed by atoms with Gasteiger partial charge in [-0.3, -0.25) is 4.79 Å². The highest BCUT2D eigenvalue weighted by Gasteiger charge is 2.33. The summed E-state index contributed by atoms with van der Waals surface area (Å²) >= 11 is 9.53. The fourth-order valence-corrected chi connectivity index (χ4v) is 6.59. The van der Waals surface area contributed by atoms with Crippen LogP contribution in [-0.4, -0.2) is 35.1 Å². The number of carbonyl (C=O) groups is 1. The highest BCUT2D eigenvalue weighted by Crippen LogP contribution is 2.37. The Kier molecular flexibility index (Phi) is 15.7. The number of piperidine rings is 1. The maximum Gasteiger partial charge on any atom is 0.207 e. The Morgan fingerprint density at radius 3 is 1.36 bits per heavy atom. The molecule has 6 rings (SSSR count). The van der Waals surface area contributed by atoms with Crippen molar-refractivity contribution in [1.82, 2.24) is 10.6 Å². The van der Waals surface area contributed by atoms with Gasteiger partial charge in [0.15, 0.2) is 0 Å². The lowest BCUT2D eigenvalue weighted by Gasteiger charge is -2.37. The van der Waals surface area contributed by atoms with E-state index in [-0.39, 0.29) is 10.9 Å². The summed E-state index contributed by atoms with van der Waals surface area (Å²) in [5.74, 6) is 0. The van der Waals surface area contributed by atoms with Crippen LogP contribution in [-0.2, 0) is 21.5 Å². The quantitative estimate of drug-likeness (QED) is 0.168. The summed E-state index contributed by atoms with van der Waals surface area (Å²) in [7, 11) is 0. The van der Waals surface area contributed by atoms with Crippen molar-refractivity contribution in [3.8, 4) is 0 Å². The second-order valence-corrected chi connectivity index (χ2v) is 12.8. The normalized spacial score (nSPS) is 19.6. The number of alkyl halides is 2. The number of benzene rings is 3. The van der Waals surface area contributed by atoms with Crippen LogP contribution in [0.2, 0.25) is 0 Å². The molecule has 3 aromatic rings. The van der Waals surface area contributed by atoms with Gasteiger partial charge in [-0.25, -0.2) is 0 Å². The first kappa shape index (κ1) is 36.1. The van der Waals surface area contributed by atoms with Gasteiger partial charge in [0.2, 0.25) is 6.41 Å². The van der Waals surface area contributed by atoms with Gasteiger partial charge in [-0.15, -0.1) is 23.2 Å². The van der Waals surface area contributed by atoms with Crippen LogP contribution in [0, 0.1) is 0 Å². The minimum atomic E-state index is -0.591. The lowest BCUT2D eigenvalue weighted by Crippen LogP contribution is -2.43. The number of hydrogen-bond donors (Lipinski definition) is 4. The molecule has 3 aromatic carbocycles. The third-order valence-electron chi connectivity index (χ3n) is 9.10. The Balaban J connectivity index is 0.000000173. The van der Waals surface area contributed by atoms with Gasteiger partial charge in [-0.05, 0) is 68.3 Å². The van der Waals surface area contributed by atoms with E-state index in [9.17, 15) is 15.0 Å².